The molecular formula is C10H14N4O2S. The van der Waals surface area contributed by atoms with Crippen LogP contribution in [0.1, 0.15) is 24.6 Å². The molecule has 92 valence electrons. The van der Waals surface area contributed by atoms with Gasteiger partial charge in [-0.25, -0.2) is 9.78 Å². The molecule has 3 rings (SSSR count). The summed E-state index contributed by atoms with van der Waals surface area (Å²) in [7, 11) is 0. The van der Waals surface area contributed by atoms with Gasteiger partial charge in [-0.2, -0.15) is 4.37 Å². The van der Waals surface area contributed by atoms with E-state index in [1.165, 1.54) is 24.4 Å². The average Bonchev–Trinajstić information content (AvgIpc) is 3.07. The van der Waals surface area contributed by atoms with Crippen LogP contribution in [-0.4, -0.2) is 46.1 Å². The van der Waals surface area contributed by atoms with Crippen molar-refractivity contribution in [3.05, 3.63) is 5.82 Å². The van der Waals surface area contributed by atoms with Crippen molar-refractivity contribution in [3.8, 4) is 0 Å². The van der Waals surface area contributed by atoms with Gasteiger partial charge in [0.25, 0.3) is 0 Å². The maximum atomic E-state index is 11.2. The van der Waals surface area contributed by atoms with E-state index in [2.05, 4.69) is 14.7 Å². The van der Waals surface area contributed by atoms with Crippen molar-refractivity contribution in [1.29, 1.82) is 0 Å². The number of carboxylic acid groups (broad SMARTS) is 1. The highest BCUT2D eigenvalue weighted by Crippen LogP contribution is 2.39. The van der Waals surface area contributed by atoms with Crippen LogP contribution in [-0.2, 0) is 4.79 Å². The van der Waals surface area contributed by atoms with Gasteiger partial charge in [0.1, 0.15) is 11.9 Å². The zero-order valence-electron chi connectivity index (χ0n) is 9.30. The van der Waals surface area contributed by atoms with Crippen molar-refractivity contribution < 1.29 is 9.90 Å². The van der Waals surface area contributed by atoms with Crippen LogP contribution >= 0.6 is 11.5 Å². The zero-order valence-corrected chi connectivity index (χ0v) is 10.1. The van der Waals surface area contributed by atoms with Crippen molar-refractivity contribution in [2.24, 2.45) is 0 Å². The molecule has 0 radical (unpaired) electrons. The topological polar surface area (TPSA) is 78.4 Å². The molecule has 0 aromatic carbocycles. The third kappa shape index (κ3) is 2.12. The first-order valence-corrected chi connectivity index (χ1v) is 6.57. The van der Waals surface area contributed by atoms with Crippen LogP contribution in [0.15, 0.2) is 0 Å². The van der Waals surface area contributed by atoms with Crippen molar-refractivity contribution in [3.63, 3.8) is 0 Å². The fourth-order valence-corrected chi connectivity index (χ4v) is 2.83. The van der Waals surface area contributed by atoms with Crippen molar-refractivity contribution >= 4 is 22.6 Å². The Kier molecular flexibility index (Phi) is 2.71. The van der Waals surface area contributed by atoms with E-state index in [-0.39, 0.29) is 0 Å². The zero-order chi connectivity index (χ0) is 11.8. The Balaban J connectivity index is 1.81. The molecule has 1 aliphatic heterocycles. The van der Waals surface area contributed by atoms with E-state index in [0.717, 1.165) is 17.5 Å². The van der Waals surface area contributed by atoms with Crippen molar-refractivity contribution in [1.82, 2.24) is 14.7 Å². The summed E-state index contributed by atoms with van der Waals surface area (Å²) in [6.07, 6.45) is 2.33. The van der Waals surface area contributed by atoms with Gasteiger partial charge in [0.05, 0.1) is 0 Å². The van der Waals surface area contributed by atoms with Crippen LogP contribution in [0.25, 0.3) is 0 Å². The molecule has 6 nitrogen and oxygen atoms in total. The number of hydrogen-bond donors (Lipinski definition) is 2. The van der Waals surface area contributed by atoms with E-state index in [0.29, 0.717) is 19.0 Å². The van der Waals surface area contributed by atoms with E-state index in [9.17, 15) is 9.90 Å². The molecule has 1 saturated carbocycles. The van der Waals surface area contributed by atoms with Crippen LogP contribution in [0.3, 0.4) is 0 Å². The van der Waals surface area contributed by atoms with E-state index >= 15 is 0 Å². The molecule has 2 heterocycles. The number of rotatable bonds is 3. The summed E-state index contributed by atoms with van der Waals surface area (Å²) in [6.45, 7) is 1.94. The molecule has 1 atom stereocenters. The van der Waals surface area contributed by atoms with Crippen molar-refractivity contribution in [2.45, 2.75) is 24.8 Å². The predicted octanol–water partition coefficient (Wildman–Crippen LogP) is 0.278. The molecule has 1 aromatic rings. The summed E-state index contributed by atoms with van der Waals surface area (Å²) in [5.41, 5.74) is 0. The highest BCUT2D eigenvalue weighted by molar-refractivity contribution is 7.09. The summed E-state index contributed by atoms with van der Waals surface area (Å²) >= 11 is 1.32. The minimum atomic E-state index is -0.805. The standard InChI is InChI=1S/C10H14N4O2S/c15-9(16)7-5-11-3-4-14(7)10-12-8(13-17-10)6-1-2-6/h6-7,11H,1-5H2,(H,15,16). The lowest BCUT2D eigenvalue weighted by atomic mass is 10.2. The van der Waals surface area contributed by atoms with Crippen LogP contribution in [0.5, 0.6) is 0 Å². The number of nitrogens with one attached hydrogen (secondary N) is 1. The maximum absolute atomic E-state index is 11.2. The number of nitrogens with zero attached hydrogens (tertiary/aromatic N) is 3. The van der Waals surface area contributed by atoms with Gasteiger partial charge >= 0.3 is 5.97 Å². The van der Waals surface area contributed by atoms with Crippen LogP contribution in [0, 0.1) is 0 Å². The molecule has 1 saturated heterocycles. The number of hydrogen-bond acceptors (Lipinski definition) is 6. The molecule has 1 aromatic heterocycles. The van der Waals surface area contributed by atoms with Crippen LogP contribution < -0.4 is 10.2 Å². The lowest BCUT2D eigenvalue weighted by molar-refractivity contribution is -0.138. The van der Waals surface area contributed by atoms with Crippen molar-refractivity contribution in [2.75, 3.05) is 24.5 Å². The number of aliphatic carboxylic acids is 1. The van der Waals surface area contributed by atoms with Crippen LogP contribution in [0.4, 0.5) is 5.13 Å². The third-order valence-corrected chi connectivity index (χ3v) is 3.92. The summed E-state index contributed by atoms with van der Waals surface area (Å²) < 4.78 is 4.32. The largest absolute Gasteiger partial charge is 0.480 e. The molecule has 17 heavy (non-hydrogen) atoms. The molecule has 7 heteroatoms. The average molecular weight is 254 g/mol. The Hall–Kier alpha value is -1.21. The first-order valence-electron chi connectivity index (χ1n) is 5.79. The molecular weight excluding hydrogens is 240 g/mol. The predicted molar refractivity (Wildman–Crippen MR) is 63.5 cm³/mol. The monoisotopic (exact) mass is 254 g/mol. The molecule has 0 bridgehead atoms. The van der Waals surface area contributed by atoms with E-state index < -0.39 is 12.0 Å². The Morgan fingerprint density at radius 3 is 3.06 bits per heavy atom. The Morgan fingerprint density at radius 1 is 1.53 bits per heavy atom. The van der Waals surface area contributed by atoms with Gasteiger partial charge in [0.15, 0.2) is 0 Å². The first kappa shape index (κ1) is 10.9. The summed E-state index contributed by atoms with van der Waals surface area (Å²) in [5.74, 6) is 0.610. The number of carbonyl (C=O) groups is 1. The van der Waals surface area contributed by atoms with Gasteiger partial charge in [-0.3, -0.25) is 0 Å². The third-order valence-electron chi connectivity index (χ3n) is 3.15. The maximum Gasteiger partial charge on any atom is 0.327 e. The van der Waals surface area contributed by atoms with Gasteiger partial charge in [0, 0.05) is 37.1 Å². The Morgan fingerprint density at radius 2 is 2.35 bits per heavy atom. The number of carboxylic acids is 1. The second kappa shape index (κ2) is 4.23. The molecule has 1 aliphatic carbocycles. The molecule has 2 fully saturated rings. The molecule has 0 spiro atoms. The van der Waals surface area contributed by atoms with Crippen LogP contribution in [0.2, 0.25) is 0 Å². The number of piperazine rings is 1. The fourth-order valence-electron chi connectivity index (χ4n) is 2.00. The lowest BCUT2D eigenvalue weighted by Gasteiger charge is -2.32. The number of anilines is 1. The molecule has 2 N–H and O–H groups in total. The molecule has 0 amide bonds. The normalized spacial score (nSPS) is 24.9. The smallest absolute Gasteiger partial charge is 0.327 e. The minimum absolute atomic E-state index is 0.466. The fraction of sp³-hybridized carbons (Fsp3) is 0.700. The highest BCUT2D eigenvalue weighted by Gasteiger charge is 2.33. The first-order chi connectivity index (χ1) is 8.25. The van der Waals surface area contributed by atoms with Gasteiger partial charge in [-0.1, -0.05) is 0 Å². The van der Waals surface area contributed by atoms with Gasteiger partial charge in [-0.15, -0.1) is 0 Å². The number of aromatic nitrogens is 2. The van der Waals surface area contributed by atoms with Gasteiger partial charge < -0.3 is 15.3 Å². The summed E-state index contributed by atoms with van der Waals surface area (Å²) in [4.78, 5) is 17.5. The second-order valence-corrected chi connectivity index (χ2v) is 5.19. The van der Waals surface area contributed by atoms with E-state index in [1.807, 2.05) is 4.90 Å². The Labute approximate surface area is 103 Å². The highest BCUT2D eigenvalue weighted by atomic mass is 32.1. The van der Waals surface area contributed by atoms with Gasteiger partial charge in [0.2, 0.25) is 5.13 Å². The van der Waals surface area contributed by atoms with E-state index in [1.54, 1.807) is 0 Å². The summed E-state index contributed by atoms with van der Waals surface area (Å²) in [6, 6.07) is -0.524. The molecule has 2 aliphatic rings. The van der Waals surface area contributed by atoms with Gasteiger partial charge in [-0.05, 0) is 12.8 Å². The minimum Gasteiger partial charge on any atom is -0.480 e. The lowest BCUT2D eigenvalue weighted by Crippen LogP contribution is -2.55. The SMILES string of the molecule is O=C(O)C1CNCCN1c1nc(C2CC2)ns1. The quantitative estimate of drug-likeness (QED) is 0.806. The summed E-state index contributed by atoms with van der Waals surface area (Å²) in [5, 5.41) is 13.0. The van der Waals surface area contributed by atoms with E-state index in [4.69, 9.17) is 0 Å². The second-order valence-electron chi connectivity index (χ2n) is 4.46. The molecule has 1 unspecified atom stereocenters. The Bertz CT molecular complexity index is 432.